The van der Waals surface area contributed by atoms with Crippen molar-refractivity contribution in [3.05, 3.63) is 108 Å². The number of rotatable bonds is 19. The first kappa shape index (κ1) is 65.9. The van der Waals surface area contributed by atoms with Gasteiger partial charge in [-0.2, -0.15) is 0 Å². The van der Waals surface area contributed by atoms with Crippen molar-refractivity contribution in [2.45, 2.75) is 46.5 Å². The van der Waals surface area contributed by atoms with Crippen molar-refractivity contribution in [3.8, 4) is 0 Å². The minimum atomic E-state index is -0.978. The van der Waals surface area contributed by atoms with Crippen LogP contribution < -0.4 is 0 Å². The van der Waals surface area contributed by atoms with E-state index in [-0.39, 0.29) is 67.9 Å². The molecule has 6 N–H and O–H groups in total. The number of carbonyl (C=O) groups excluding carboxylic acids is 6. The Labute approximate surface area is 411 Å². The van der Waals surface area contributed by atoms with E-state index in [9.17, 15) is 57.5 Å². The highest BCUT2D eigenvalue weighted by atomic mass is 32.2. The van der Waals surface area contributed by atoms with Gasteiger partial charge in [0.1, 0.15) is 0 Å². The average Bonchev–Trinajstić information content (AvgIpc) is 3.26. The van der Waals surface area contributed by atoms with Crippen molar-refractivity contribution >= 4 is 137 Å². The molecule has 3 aromatic carbocycles. The third-order valence-electron chi connectivity index (χ3n) is 6.09. The Hall–Kier alpha value is -5.40. The summed E-state index contributed by atoms with van der Waals surface area (Å²) < 4.78 is 0. The van der Waals surface area contributed by atoms with Crippen molar-refractivity contribution in [1.29, 1.82) is 0 Å². The number of aliphatic carboxylic acids is 6. The van der Waals surface area contributed by atoms with Crippen LogP contribution in [-0.2, 0) is 43.2 Å². The lowest BCUT2D eigenvalue weighted by Crippen LogP contribution is -2.02. The monoisotopic (exact) mass is 1050 g/mol. The third kappa shape index (κ3) is 49.9. The summed E-state index contributed by atoms with van der Waals surface area (Å²) in [6.07, 6.45) is 0.154. The molecule has 0 saturated carbocycles. The molecule has 0 aliphatic carbocycles. The van der Waals surface area contributed by atoms with Crippen LogP contribution in [0.1, 0.15) is 77.5 Å². The summed E-state index contributed by atoms with van der Waals surface area (Å²) in [5.74, 6) is -4.31. The Morgan fingerprint density at radius 3 is 0.746 bits per heavy atom. The van der Waals surface area contributed by atoms with Crippen LogP contribution in [0, 0.1) is 0 Å². The third-order valence-corrected chi connectivity index (χ3v) is 11.2. The van der Waals surface area contributed by atoms with Gasteiger partial charge in [0.05, 0.1) is 37.2 Å². The minimum Gasteiger partial charge on any atom is -0.481 e. The van der Waals surface area contributed by atoms with Crippen LogP contribution in [0.25, 0.3) is 0 Å². The molecule has 0 atom stereocenters. The number of benzene rings is 3. The van der Waals surface area contributed by atoms with Gasteiger partial charge in [0.2, 0.25) is 15.3 Å². The standard InChI is InChI=1S/2C10H10O3S.C9H8O3S.2C5H8O3S.C4H6O3S/c2*11-9(12)6-7-14-10(13)8-4-2-1-3-5-8;10-8(11)6-13-9(12)7-4-2-1-3-5-7;2*1-4(6)9-3-2-5(7)8;1-3(5)8-2-4(6)7/h2*1-5H,6-7H2,(H,11,12);1-5H,6H2,(H,10,11);2*2-3H2,1H3,(H,7,8);2H2,1H3,(H,6,7). The van der Waals surface area contributed by atoms with Gasteiger partial charge in [-0.05, 0) is 0 Å². The van der Waals surface area contributed by atoms with Crippen LogP contribution in [0.15, 0.2) is 91.0 Å². The topological polar surface area (TPSA) is 326 Å². The summed E-state index contributed by atoms with van der Waals surface area (Å²) in [6, 6.07) is 26.3. The molecule has 0 amide bonds. The summed E-state index contributed by atoms with van der Waals surface area (Å²) in [4.78, 5) is 124. The molecular weight excluding hydrogens is 997 g/mol. The second kappa shape index (κ2) is 43.2. The molecule has 3 aromatic rings. The maximum atomic E-state index is 11.4. The zero-order valence-corrected chi connectivity index (χ0v) is 41.2. The lowest BCUT2D eigenvalue weighted by Gasteiger charge is -1.98. The van der Waals surface area contributed by atoms with E-state index in [1.807, 2.05) is 12.1 Å². The first-order chi connectivity index (χ1) is 31.5. The summed E-state index contributed by atoms with van der Waals surface area (Å²) in [6.45, 7) is 4.19. The smallest absolute Gasteiger partial charge is 0.313 e. The van der Waals surface area contributed by atoms with Crippen molar-refractivity contribution in [2.75, 3.05) is 34.5 Å². The summed E-state index contributed by atoms with van der Waals surface area (Å²) in [7, 11) is 0. The fourth-order valence-electron chi connectivity index (χ4n) is 3.29. The molecule has 18 nitrogen and oxygen atoms in total. The van der Waals surface area contributed by atoms with Crippen LogP contribution in [0.3, 0.4) is 0 Å². The zero-order chi connectivity index (χ0) is 51.6. The lowest BCUT2D eigenvalue weighted by atomic mass is 10.2. The van der Waals surface area contributed by atoms with Gasteiger partial charge in [-0.15, -0.1) is 0 Å². The Balaban J connectivity index is -0.000000745. The molecule has 0 spiro atoms. The molecule has 0 aliphatic rings. The number of thioether (sulfide) groups is 6. The molecule has 67 heavy (non-hydrogen) atoms. The fraction of sp³-hybridized carbons (Fsp3) is 0.302. The molecule has 366 valence electrons. The Kier molecular flexibility index (Phi) is 42.5. The van der Waals surface area contributed by atoms with E-state index in [0.717, 1.165) is 70.6 Å². The average molecular weight is 1050 g/mol. The van der Waals surface area contributed by atoms with E-state index in [0.29, 0.717) is 39.7 Å². The largest absolute Gasteiger partial charge is 0.481 e. The van der Waals surface area contributed by atoms with E-state index in [1.54, 1.807) is 78.9 Å². The number of hydrogen-bond acceptors (Lipinski definition) is 18. The summed E-state index contributed by atoms with van der Waals surface area (Å²) in [5.41, 5.74) is 1.76. The molecule has 0 bridgehead atoms. The molecule has 24 heteroatoms. The molecule has 0 radical (unpaired) electrons. The Bertz CT molecular complexity index is 1880. The SMILES string of the molecule is CC(=O)SCC(=O)O.CC(=O)SCCC(=O)O.CC(=O)SCCC(=O)O.O=C(O)CCSC(=O)c1ccccc1.O=C(O)CCSC(=O)c1ccccc1.O=C(O)CSC(=O)c1ccccc1. The highest BCUT2D eigenvalue weighted by molar-refractivity contribution is 8.15. The van der Waals surface area contributed by atoms with Gasteiger partial charge in [-0.3, -0.25) is 57.5 Å². The normalized spacial score (nSPS) is 9.36. The van der Waals surface area contributed by atoms with Crippen molar-refractivity contribution in [3.63, 3.8) is 0 Å². The minimum absolute atomic E-state index is 0.0171. The van der Waals surface area contributed by atoms with Gasteiger partial charge in [-0.1, -0.05) is 162 Å². The van der Waals surface area contributed by atoms with Gasteiger partial charge in [-0.25, -0.2) is 0 Å². The summed E-state index contributed by atoms with van der Waals surface area (Å²) >= 11 is 5.76. The predicted molar refractivity (Wildman–Crippen MR) is 263 cm³/mol. The van der Waals surface area contributed by atoms with Gasteiger partial charge in [0.25, 0.3) is 0 Å². The van der Waals surface area contributed by atoms with Crippen molar-refractivity contribution < 1.29 is 88.2 Å². The van der Waals surface area contributed by atoms with Crippen molar-refractivity contribution in [1.82, 2.24) is 0 Å². The quantitative estimate of drug-likeness (QED) is 0.0675. The van der Waals surface area contributed by atoms with Crippen LogP contribution in [0.5, 0.6) is 0 Å². The molecule has 0 fully saturated rings. The molecule has 0 unspecified atom stereocenters. The first-order valence-electron chi connectivity index (χ1n) is 18.9. The molecule has 0 heterocycles. The Morgan fingerprint density at radius 2 is 0.537 bits per heavy atom. The van der Waals surface area contributed by atoms with Crippen molar-refractivity contribution in [2.24, 2.45) is 0 Å². The van der Waals surface area contributed by atoms with Gasteiger partial charge < -0.3 is 30.6 Å². The van der Waals surface area contributed by atoms with Gasteiger partial charge >= 0.3 is 35.8 Å². The molecule has 0 aliphatic heterocycles. The van der Waals surface area contributed by atoms with Crippen LogP contribution in [0.2, 0.25) is 0 Å². The number of carboxylic acids is 6. The highest BCUT2D eigenvalue weighted by Gasteiger charge is 2.09. The zero-order valence-electron chi connectivity index (χ0n) is 36.3. The molecule has 3 rings (SSSR count). The number of carboxylic acid groups (broad SMARTS) is 6. The first-order valence-corrected chi connectivity index (χ1v) is 24.8. The highest BCUT2D eigenvalue weighted by Crippen LogP contribution is 2.14. The lowest BCUT2D eigenvalue weighted by molar-refractivity contribution is -0.137. The number of hydrogen-bond donors (Lipinski definition) is 6. The maximum Gasteiger partial charge on any atom is 0.313 e. The van der Waals surface area contributed by atoms with Crippen LogP contribution in [0.4, 0.5) is 0 Å². The van der Waals surface area contributed by atoms with E-state index in [2.05, 4.69) is 0 Å². The van der Waals surface area contributed by atoms with E-state index < -0.39 is 35.8 Å². The second-order valence-electron chi connectivity index (χ2n) is 11.8. The van der Waals surface area contributed by atoms with Gasteiger partial charge in [0, 0.05) is 60.5 Å². The Morgan fingerprint density at radius 1 is 0.313 bits per heavy atom. The van der Waals surface area contributed by atoms with Gasteiger partial charge in [0.15, 0.2) is 15.3 Å². The maximum absolute atomic E-state index is 11.4. The molecular formula is C43H50O18S6. The van der Waals surface area contributed by atoms with Crippen LogP contribution in [-0.4, -0.2) is 132 Å². The molecule has 0 aromatic heterocycles. The predicted octanol–water partition coefficient (Wildman–Crippen LogP) is 7.55. The van der Waals surface area contributed by atoms with E-state index >= 15 is 0 Å². The van der Waals surface area contributed by atoms with E-state index in [4.69, 9.17) is 30.6 Å². The fourth-order valence-corrected chi connectivity index (χ4v) is 6.83. The van der Waals surface area contributed by atoms with E-state index in [1.165, 1.54) is 20.8 Å². The number of carbonyl (C=O) groups is 12. The molecule has 0 saturated heterocycles. The second-order valence-corrected chi connectivity index (χ2v) is 18.5. The van der Waals surface area contributed by atoms with Crippen LogP contribution >= 0.6 is 70.6 Å². The summed E-state index contributed by atoms with van der Waals surface area (Å²) in [5, 5.41) is 48.7.